The van der Waals surface area contributed by atoms with Gasteiger partial charge in [-0.25, -0.2) is 0 Å². The smallest absolute Gasteiger partial charge is 0.0247 e. The molecule has 0 aromatic rings. The molecule has 0 radical (unpaired) electrons. The minimum absolute atomic E-state index is 0.0153. The van der Waals surface area contributed by atoms with Crippen LogP contribution in [0.5, 0.6) is 0 Å². The maximum absolute atomic E-state index is 7.58. The molecule has 1 aliphatic carbocycles. The Balaban J connectivity index is 3.40. The van der Waals surface area contributed by atoms with E-state index in [9.17, 15) is 0 Å². The van der Waals surface area contributed by atoms with Crippen LogP contribution in [0.25, 0.3) is 0 Å². The van der Waals surface area contributed by atoms with Crippen molar-refractivity contribution in [3.63, 3.8) is 0 Å². The molecule has 0 unspecified atom stereocenters. The Morgan fingerprint density at radius 3 is 2.09 bits per heavy atom. The van der Waals surface area contributed by atoms with Gasteiger partial charge in [0.25, 0.3) is 0 Å². The molecule has 0 heterocycles. The van der Waals surface area contributed by atoms with Gasteiger partial charge in [-0.15, -0.1) is 0 Å². The highest BCUT2D eigenvalue weighted by Crippen LogP contribution is 2.52. The summed E-state index contributed by atoms with van der Waals surface area (Å²) in [5.74, 6) is 0. The number of rotatable bonds is 7. The lowest BCUT2D eigenvalue weighted by Gasteiger charge is -2.36. The van der Waals surface area contributed by atoms with Gasteiger partial charge in [0.1, 0.15) is 0 Å². The second kappa shape index (κ2) is 7.95. The average molecular weight is 314 g/mol. The fourth-order valence-corrected chi connectivity index (χ4v) is 3.76. The number of nitrogens with one attached hydrogen (secondary N) is 1. The molecule has 0 amide bonds. The summed E-state index contributed by atoms with van der Waals surface area (Å²) < 4.78 is 0. The summed E-state index contributed by atoms with van der Waals surface area (Å²) in [6, 6.07) is 0. The van der Waals surface area contributed by atoms with Gasteiger partial charge in [-0.05, 0) is 47.8 Å². The largest absolute Gasteiger partial charge is 0.308 e. The lowest BCUT2D eigenvalue weighted by Crippen LogP contribution is -2.24. The molecule has 1 nitrogen and oxygen atoms in total. The highest BCUT2D eigenvalue weighted by Gasteiger charge is 2.40. The zero-order valence-corrected chi connectivity index (χ0v) is 15.9. The van der Waals surface area contributed by atoms with Gasteiger partial charge in [0.15, 0.2) is 0 Å². The summed E-state index contributed by atoms with van der Waals surface area (Å²) in [6.07, 6.45) is 13.0. The van der Waals surface area contributed by atoms with Crippen LogP contribution in [0.15, 0.2) is 47.6 Å². The molecule has 0 saturated heterocycles. The molecule has 128 valence electrons. The number of allylic oxidation sites excluding steroid dienone is 6. The van der Waals surface area contributed by atoms with Crippen LogP contribution in [0, 0.1) is 16.2 Å². The Labute approximate surface area is 143 Å². The molecule has 0 aromatic carbocycles. The maximum atomic E-state index is 7.58. The van der Waals surface area contributed by atoms with Crippen molar-refractivity contribution in [1.82, 2.24) is 0 Å². The van der Waals surface area contributed by atoms with E-state index in [1.807, 2.05) is 0 Å². The van der Waals surface area contributed by atoms with E-state index >= 15 is 0 Å². The van der Waals surface area contributed by atoms with E-state index in [2.05, 4.69) is 59.9 Å². The normalized spacial score (nSPS) is 18.8. The monoisotopic (exact) mass is 313 g/mol. The van der Waals surface area contributed by atoms with Crippen LogP contribution >= 0.6 is 0 Å². The third kappa shape index (κ3) is 4.34. The van der Waals surface area contributed by atoms with Gasteiger partial charge in [-0.2, -0.15) is 0 Å². The summed E-state index contributed by atoms with van der Waals surface area (Å²) in [5, 5.41) is 7.58. The Kier molecular flexibility index (Phi) is 6.80. The van der Waals surface area contributed by atoms with Crippen molar-refractivity contribution < 1.29 is 0 Å². The summed E-state index contributed by atoms with van der Waals surface area (Å²) in [4.78, 5) is 0. The molecule has 0 spiro atoms. The van der Waals surface area contributed by atoms with E-state index in [0.717, 1.165) is 36.8 Å². The summed E-state index contributed by atoms with van der Waals surface area (Å²) in [7, 11) is 0. The molecule has 0 atom stereocenters. The number of hydrogen-bond acceptors (Lipinski definition) is 1. The molecule has 0 aliphatic heterocycles. The van der Waals surface area contributed by atoms with E-state index in [-0.39, 0.29) is 10.8 Å². The molecule has 1 aliphatic rings. The molecule has 1 N–H and O–H groups in total. The second-order valence-corrected chi connectivity index (χ2v) is 7.78. The van der Waals surface area contributed by atoms with Gasteiger partial charge in [0.05, 0.1) is 0 Å². The molecule has 0 bridgehead atoms. The molecule has 0 aromatic heterocycles. The van der Waals surface area contributed by atoms with Crippen molar-refractivity contribution in [3.8, 4) is 0 Å². The van der Waals surface area contributed by atoms with Crippen molar-refractivity contribution in [3.05, 3.63) is 47.6 Å². The fourth-order valence-electron chi connectivity index (χ4n) is 3.76. The average Bonchev–Trinajstić information content (AvgIpc) is 2.99. The standard InChI is InChI=1S/C22H35N/c1-8-12-20(21(5,6)7)15-19(9-2)22(13-10-11-14-22)18(4)17(3)16-23/h12,15-16,23H,3-4,8-11,13-14H2,1-2,5-7H3/b19-15+,20-12+,23-16?. The molecule has 1 saturated carbocycles. The van der Waals surface area contributed by atoms with E-state index < -0.39 is 0 Å². The Bertz CT molecular complexity index is 517. The van der Waals surface area contributed by atoms with Crippen LogP contribution in [0.1, 0.15) is 73.1 Å². The zero-order chi connectivity index (χ0) is 17.7. The maximum Gasteiger partial charge on any atom is 0.0247 e. The lowest BCUT2D eigenvalue weighted by atomic mass is 9.68. The van der Waals surface area contributed by atoms with Crippen LogP contribution in [0.3, 0.4) is 0 Å². The summed E-state index contributed by atoms with van der Waals surface area (Å²) in [5.41, 5.74) is 4.89. The molecule has 1 fully saturated rings. The van der Waals surface area contributed by atoms with Crippen molar-refractivity contribution in [2.24, 2.45) is 10.8 Å². The van der Waals surface area contributed by atoms with Crippen molar-refractivity contribution in [2.75, 3.05) is 0 Å². The van der Waals surface area contributed by atoms with Crippen molar-refractivity contribution in [2.45, 2.75) is 73.1 Å². The van der Waals surface area contributed by atoms with E-state index in [1.165, 1.54) is 30.2 Å². The van der Waals surface area contributed by atoms with E-state index in [4.69, 9.17) is 5.41 Å². The van der Waals surface area contributed by atoms with Gasteiger partial charge in [-0.1, -0.05) is 78.3 Å². The SMILES string of the molecule is C=C(C=N)C(=C)C1(/C(=C/C(=C\CC)C(C)(C)C)CC)CCCC1. The summed E-state index contributed by atoms with van der Waals surface area (Å²) >= 11 is 0. The van der Waals surface area contributed by atoms with Crippen LogP contribution in [0.4, 0.5) is 0 Å². The van der Waals surface area contributed by atoms with Crippen LogP contribution in [0.2, 0.25) is 0 Å². The first kappa shape index (κ1) is 19.7. The highest BCUT2D eigenvalue weighted by atomic mass is 14.4. The first-order valence-corrected chi connectivity index (χ1v) is 9.03. The molecular formula is C22H35N. The summed E-state index contributed by atoms with van der Waals surface area (Å²) in [6.45, 7) is 19.7. The third-order valence-corrected chi connectivity index (χ3v) is 5.21. The minimum atomic E-state index is 0.0153. The predicted octanol–water partition coefficient (Wildman–Crippen LogP) is 7.03. The zero-order valence-electron chi connectivity index (χ0n) is 15.9. The Hall–Kier alpha value is -1.37. The highest BCUT2D eigenvalue weighted by molar-refractivity contribution is 5.82. The molecule has 23 heavy (non-hydrogen) atoms. The van der Waals surface area contributed by atoms with Gasteiger partial charge in [0, 0.05) is 11.6 Å². The van der Waals surface area contributed by atoms with Gasteiger partial charge in [-0.3, -0.25) is 0 Å². The first-order valence-electron chi connectivity index (χ1n) is 9.03. The van der Waals surface area contributed by atoms with E-state index in [1.54, 1.807) is 0 Å². The van der Waals surface area contributed by atoms with Crippen molar-refractivity contribution >= 4 is 6.21 Å². The van der Waals surface area contributed by atoms with Crippen LogP contribution in [-0.2, 0) is 0 Å². The first-order chi connectivity index (χ1) is 10.7. The minimum Gasteiger partial charge on any atom is -0.308 e. The van der Waals surface area contributed by atoms with Crippen molar-refractivity contribution in [1.29, 1.82) is 5.41 Å². The van der Waals surface area contributed by atoms with E-state index in [0.29, 0.717) is 0 Å². The topological polar surface area (TPSA) is 23.9 Å². The van der Waals surface area contributed by atoms with Gasteiger partial charge < -0.3 is 5.41 Å². The molecular weight excluding hydrogens is 278 g/mol. The molecule has 1 heteroatoms. The quantitative estimate of drug-likeness (QED) is 0.385. The van der Waals surface area contributed by atoms with Crippen LogP contribution < -0.4 is 0 Å². The Morgan fingerprint density at radius 2 is 1.70 bits per heavy atom. The lowest BCUT2D eigenvalue weighted by molar-refractivity contribution is 0.438. The van der Waals surface area contributed by atoms with Gasteiger partial charge in [0.2, 0.25) is 0 Å². The molecule has 1 rings (SSSR count). The Morgan fingerprint density at radius 1 is 1.13 bits per heavy atom. The number of hydrogen-bond donors (Lipinski definition) is 1. The fraction of sp³-hybridized carbons (Fsp3) is 0.591. The predicted molar refractivity (Wildman–Crippen MR) is 104 cm³/mol. The third-order valence-electron chi connectivity index (χ3n) is 5.21. The van der Waals surface area contributed by atoms with Crippen LogP contribution in [-0.4, -0.2) is 6.21 Å². The second-order valence-electron chi connectivity index (χ2n) is 7.78. The van der Waals surface area contributed by atoms with Gasteiger partial charge >= 0.3 is 0 Å².